The molecule has 0 unspecified atom stereocenters. The number of anilines is 1. The number of hydrogen-bond acceptors (Lipinski definition) is 6. The SMILES string of the molecule is Cc1ccc(C(=O)O)c(N2CCN(C(=O)c3cc4nc(-c5ccc(Cl)c(F)c5)cc(C(C)(C)C)c4o3)C(C)(C)C2)n1. The molecule has 1 aliphatic rings. The van der Waals surface area contributed by atoms with Crippen molar-refractivity contribution in [3.63, 3.8) is 0 Å². The minimum absolute atomic E-state index is 0.0298. The van der Waals surface area contributed by atoms with Crippen molar-refractivity contribution in [2.24, 2.45) is 0 Å². The van der Waals surface area contributed by atoms with Crippen LogP contribution < -0.4 is 4.90 Å². The summed E-state index contributed by atoms with van der Waals surface area (Å²) in [5.74, 6) is -1.33. The molecule has 1 N–H and O–H groups in total. The Bertz CT molecular complexity index is 1690. The van der Waals surface area contributed by atoms with E-state index >= 15 is 0 Å². The van der Waals surface area contributed by atoms with E-state index in [9.17, 15) is 19.1 Å². The second kappa shape index (κ2) is 10.1. The van der Waals surface area contributed by atoms with E-state index in [-0.39, 0.29) is 27.7 Å². The highest BCUT2D eigenvalue weighted by Gasteiger charge is 2.40. The minimum Gasteiger partial charge on any atom is -0.478 e. The standard InChI is InChI=1S/C31H32ClFN4O4/c1-17-7-9-19(29(39)40)27(34-17)36-11-12-37(31(5,6)16-36)28(38)25-15-24-26(41-25)20(30(2,3)4)14-23(35-24)18-8-10-21(32)22(33)13-18/h7-10,13-15H,11-12,16H2,1-6H3,(H,39,40). The molecule has 0 aliphatic carbocycles. The van der Waals surface area contributed by atoms with Gasteiger partial charge < -0.3 is 19.3 Å². The largest absolute Gasteiger partial charge is 0.478 e. The van der Waals surface area contributed by atoms with Crippen molar-refractivity contribution in [2.75, 3.05) is 24.5 Å². The molecule has 8 nitrogen and oxygen atoms in total. The van der Waals surface area contributed by atoms with Crippen LogP contribution in [0.4, 0.5) is 10.2 Å². The molecule has 5 rings (SSSR count). The minimum atomic E-state index is -1.05. The molecule has 0 radical (unpaired) electrons. The van der Waals surface area contributed by atoms with E-state index in [0.29, 0.717) is 53.5 Å². The first-order chi connectivity index (χ1) is 19.2. The van der Waals surface area contributed by atoms with Crippen molar-refractivity contribution in [2.45, 2.75) is 52.5 Å². The summed E-state index contributed by atoms with van der Waals surface area (Å²) in [6, 6.07) is 11.3. The normalized spacial score (nSPS) is 15.4. The van der Waals surface area contributed by atoms with Crippen molar-refractivity contribution in [1.82, 2.24) is 14.9 Å². The monoisotopic (exact) mass is 578 g/mol. The summed E-state index contributed by atoms with van der Waals surface area (Å²) in [6.45, 7) is 12.9. The Morgan fingerprint density at radius 3 is 2.44 bits per heavy atom. The number of aromatic carboxylic acids is 1. The van der Waals surface area contributed by atoms with Gasteiger partial charge in [0, 0.05) is 42.5 Å². The Kier molecular flexibility index (Phi) is 7.06. The van der Waals surface area contributed by atoms with Crippen LogP contribution >= 0.6 is 11.6 Å². The maximum Gasteiger partial charge on any atom is 0.339 e. The predicted octanol–water partition coefficient (Wildman–Crippen LogP) is 6.73. The molecular weight excluding hydrogens is 547 g/mol. The van der Waals surface area contributed by atoms with Crippen LogP contribution in [0.15, 0.2) is 46.9 Å². The number of carbonyl (C=O) groups is 2. The Balaban J connectivity index is 1.50. The molecule has 1 fully saturated rings. The average Bonchev–Trinajstić information content (AvgIpc) is 3.32. The Morgan fingerprint density at radius 1 is 1.07 bits per heavy atom. The molecule has 10 heteroatoms. The summed E-state index contributed by atoms with van der Waals surface area (Å²) >= 11 is 5.89. The van der Waals surface area contributed by atoms with Crippen LogP contribution in [0, 0.1) is 12.7 Å². The third kappa shape index (κ3) is 5.38. The lowest BCUT2D eigenvalue weighted by molar-refractivity contribution is 0.0481. The number of aryl methyl sites for hydroxylation is 1. The number of furan rings is 1. The summed E-state index contributed by atoms with van der Waals surface area (Å²) in [5, 5.41) is 9.73. The van der Waals surface area contributed by atoms with Gasteiger partial charge in [-0.15, -0.1) is 0 Å². The number of carbonyl (C=O) groups excluding carboxylic acids is 1. The molecule has 0 atom stereocenters. The number of nitrogens with zero attached hydrogens (tertiary/aromatic N) is 4. The van der Waals surface area contributed by atoms with Crippen LogP contribution in [-0.4, -0.2) is 57.0 Å². The summed E-state index contributed by atoms with van der Waals surface area (Å²) in [7, 11) is 0. The molecular formula is C31H32ClFN4O4. The lowest BCUT2D eigenvalue weighted by Gasteiger charge is -2.47. The number of piperazine rings is 1. The number of benzene rings is 1. The quantitative estimate of drug-likeness (QED) is 0.287. The first-order valence-corrected chi connectivity index (χ1v) is 13.7. The zero-order valence-corrected chi connectivity index (χ0v) is 24.6. The first kappa shape index (κ1) is 28.5. The average molecular weight is 579 g/mol. The van der Waals surface area contributed by atoms with Gasteiger partial charge in [-0.2, -0.15) is 0 Å². The number of carboxylic acid groups (broad SMARTS) is 1. The molecule has 214 valence electrons. The van der Waals surface area contributed by atoms with Gasteiger partial charge in [-0.05, 0) is 56.5 Å². The van der Waals surface area contributed by atoms with Gasteiger partial charge in [0.1, 0.15) is 22.7 Å². The maximum absolute atomic E-state index is 14.3. The van der Waals surface area contributed by atoms with Crippen molar-refractivity contribution in [3.05, 3.63) is 75.9 Å². The lowest BCUT2D eigenvalue weighted by atomic mass is 9.86. The van der Waals surface area contributed by atoms with Gasteiger partial charge in [0.25, 0.3) is 5.91 Å². The second-order valence-corrected chi connectivity index (χ2v) is 12.5. The maximum atomic E-state index is 14.3. The molecule has 3 aromatic heterocycles. The number of carboxylic acids is 1. The molecule has 4 aromatic rings. The molecule has 4 heterocycles. The molecule has 0 saturated carbocycles. The van der Waals surface area contributed by atoms with E-state index in [1.807, 2.05) is 52.5 Å². The van der Waals surface area contributed by atoms with Gasteiger partial charge in [0.2, 0.25) is 0 Å². The Hall–Kier alpha value is -3.98. The fraction of sp³-hybridized carbons (Fsp3) is 0.355. The fourth-order valence-corrected chi connectivity index (χ4v) is 5.40. The highest BCUT2D eigenvalue weighted by molar-refractivity contribution is 6.30. The third-order valence-electron chi connectivity index (χ3n) is 7.40. The number of hydrogen-bond donors (Lipinski definition) is 1. The van der Waals surface area contributed by atoms with Crippen LogP contribution in [0.3, 0.4) is 0 Å². The fourth-order valence-electron chi connectivity index (χ4n) is 5.28. The number of rotatable bonds is 4. The molecule has 1 aliphatic heterocycles. The molecule has 0 bridgehead atoms. The van der Waals surface area contributed by atoms with E-state index < -0.39 is 17.3 Å². The molecule has 1 aromatic carbocycles. The van der Waals surface area contributed by atoms with Gasteiger partial charge in [0.15, 0.2) is 11.3 Å². The zero-order valence-electron chi connectivity index (χ0n) is 23.9. The lowest BCUT2D eigenvalue weighted by Crippen LogP contribution is -2.61. The number of amides is 1. The predicted molar refractivity (Wildman–Crippen MR) is 156 cm³/mol. The van der Waals surface area contributed by atoms with Crippen molar-refractivity contribution in [1.29, 1.82) is 0 Å². The van der Waals surface area contributed by atoms with E-state index in [1.54, 1.807) is 29.2 Å². The van der Waals surface area contributed by atoms with Gasteiger partial charge in [-0.25, -0.2) is 19.2 Å². The van der Waals surface area contributed by atoms with Crippen LogP contribution in [0.2, 0.25) is 5.02 Å². The van der Waals surface area contributed by atoms with Crippen LogP contribution in [0.5, 0.6) is 0 Å². The molecule has 0 spiro atoms. The van der Waals surface area contributed by atoms with E-state index in [0.717, 1.165) is 5.56 Å². The van der Waals surface area contributed by atoms with Gasteiger partial charge in [-0.3, -0.25) is 4.79 Å². The van der Waals surface area contributed by atoms with E-state index in [2.05, 4.69) is 4.98 Å². The van der Waals surface area contributed by atoms with Crippen molar-refractivity contribution >= 4 is 40.4 Å². The topological polar surface area (TPSA) is 99.8 Å². The number of pyridine rings is 2. The van der Waals surface area contributed by atoms with Gasteiger partial charge in [0.05, 0.1) is 16.3 Å². The first-order valence-electron chi connectivity index (χ1n) is 13.3. The van der Waals surface area contributed by atoms with Crippen LogP contribution in [-0.2, 0) is 5.41 Å². The summed E-state index contributed by atoms with van der Waals surface area (Å²) in [5.41, 5.74) is 2.77. The van der Waals surface area contributed by atoms with Crippen molar-refractivity contribution < 1.29 is 23.5 Å². The highest BCUT2D eigenvalue weighted by Crippen LogP contribution is 2.36. The van der Waals surface area contributed by atoms with Crippen molar-refractivity contribution in [3.8, 4) is 11.3 Å². The molecule has 1 saturated heterocycles. The Morgan fingerprint density at radius 2 is 1.80 bits per heavy atom. The van der Waals surface area contributed by atoms with Gasteiger partial charge in [-0.1, -0.05) is 38.4 Å². The number of fused-ring (bicyclic) bond motifs is 1. The molecule has 1 amide bonds. The Labute approximate surface area is 242 Å². The van der Waals surface area contributed by atoms with E-state index in [1.165, 1.54) is 12.1 Å². The van der Waals surface area contributed by atoms with E-state index in [4.69, 9.17) is 21.0 Å². The number of halogens is 2. The smallest absolute Gasteiger partial charge is 0.339 e. The van der Waals surface area contributed by atoms with Crippen LogP contribution in [0.25, 0.3) is 22.4 Å². The van der Waals surface area contributed by atoms with Crippen LogP contribution in [0.1, 0.15) is 66.8 Å². The summed E-state index contributed by atoms with van der Waals surface area (Å²) in [6.07, 6.45) is 0. The summed E-state index contributed by atoms with van der Waals surface area (Å²) < 4.78 is 20.4. The summed E-state index contributed by atoms with van der Waals surface area (Å²) in [4.78, 5) is 38.6. The highest BCUT2D eigenvalue weighted by atomic mass is 35.5. The van der Waals surface area contributed by atoms with Gasteiger partial charge >= 0.3 is 5.97 Å². The second-order valence-electron chi connectivity index (χ2n) is 12.1. The number of aromatic nitrogens is 2. The molecule has 41 heavy (non-hydrogen) atoms. The third-order valence-corrected chi connectivity index (χ3v) is 7.71. The zero-order chi connectivity index (χ0) is 29.9.